The van der Waals surface area contributed by atoms with Gasteiger partial charge in [0.25, 0.3) is 0 Å². The minimum Gasteiger partial charge on any atom is -0.463 e. The van der Waals surface area contributed by atoms with Crippen LogP contribution in [-0.4, -0.2) is 112 Å². The monoisotopic (exact) mass is 604 g/mol. The van der Waals surface area contributed by atoms with Gasteiger partial charge in [0.1, 0.15) is 31.0 Å². The summed E-state index contributed by atoms with van der Waals surface area (Å²) >= 11 is 0. The number of allylic oxidation sites excluding steroid dienone is 2. The zero-order chi connectivity index (χ0) is 30.5. The number of carbonyl (C=O) groups is 1. The van der Waals surface area contributed by atoms with Gasteiger partial charge in [-0.25, -0.2) is 0 Å². The van der Waals surface area contributed by atoms with Crippen molar-refractivity contribution in [2.75, 3.05) is 66.1 Å². The molecule has 1 fully saturated rings. The van der Waals surface area contributed by atoms with Gasteiger partial charge in [-0.1, -0.05) is 70.4 Å². The topological polar surface area (TPSA) is 133 Å². The van der Waals surface area contributed by atoms with Gasteiger partial charge in [-0.05, 0) is 32.1 Å². The first-order chi connectivity index (χ1) is 20.7. The van der Waals surface area contributed by atoms with E-state index in [9.17, 15) is 15.0 Å². The standard InChI is InChI=1S/C32H60O10/c1-2-3-4-5-6-7-8-9-10-11-12-13-14-15-16-17-30(36)40-25-24-37-26-28(38-21-18-33)32-31(41-23-20-35)29(27-42-32)39-22-19-34/h9-10,28-29,31-35H,2-8,11-27H2,1H3/b10-9+/t28-,29-,31-,32-/m0/s1. The van der Waals surface area contributed by atoms with Gasteiger partial charge in [0, 0.05) is 6.42 Å². The molecule has 248 valence electrons. The first kappa shape index (κ1) is 38.9. The maximum absolute atomic E-state index is 12.1. The molecule has 10 heteroatoms. The number of aliphatic hydroxyl groups excluding tert-OH is 3. The van der Waals surface area contributed by atoms with Crippen molar-refractivity contribution < 1.29 is 48.5 Å². The van der Waals surface area contributed by atoms with Gasteiger partial charge in [-0.3, -0.25) is 4.79 Å². The maximum atomic E-state index is 12.1. The highest BCUT2D eigenvalue weighted by Crippen LogP contribution is 2.25. The average molecular weight is 605 g/mol. The van der Waals surface area contributed by atoms with E-state index in [-0.39, 0.29) is 72.0 Å². The second-order valence-corrected chi connectivity index (χ2v) is 10.8. The third-order valence-electron chi connectivity index (χ3n) is 7.17. The van der Waals surface area contributed by atoms with Gasteiger partial charge in [-0.2, -0.15) is 0 Å². The van der Waals surface area contributed by atoms with Crippen LogP contribution >= 0.6 is 0 Å². The average Bonchev–Trinajstić information content (AvgIpc) is 3.40. The van der Waals surface area contributed by atoms with Crippen molar-refractivity contribution in [2.24, 2.45) is 0 Å². The summed E-state index contributed by atoms with van der Waals surface area (Å²) in [5, 5.41) is 27.5. The van der Waals surface area contributed by atoms with Crippen molar-refractivity contribution in [3.8, 4) is 0 Å². The predicted molar refractivity (Wildman–Crippen MR) is 161 cm³/mol. The largest absolute Gasteiger partial charge is 0.463 e. The van der Waals surface area contributed by atoms with Crippen LogP contribution in [-0.2, 0) is 33.2 Å². The Bertz CT molecular complexity index is 632. The molecule has 0 saturated carbocycles. The highest BCUT2D eigenvalue weighted by Gasteiger charge is 2.44. The number of hydrogen-bond acceptors (Lipinski definition) is 10. The lowest BCUT2D eigenvalue weighted by Gasteiger charge is -2.29. The molecule has 10 nitrogen and oxygen atoms in total. The van der Waals surface area contributed by atoms with E-state index in [1.807, 2.05) is 0 Å². The minimum atomic E-state index is -0.560. The van der Waals surface area contributed by atoms with E-state index in [1.165, 1.54) is 57.8 Å². The quantitative estimate of drug-likeness (QED) is 0.0625. The Labute approximate surface area is 254 Å². The van der Waals surface area contributed by atoms with Crippen molar-refractivity contribution in [3.63, 3.8) is 0 Å². The van der Waals surface area contributed by atoms with E-state index >= 15 is 0 Å². The van der Waals surface area contributed by atoms with E-state index in [2.05, 4.69) is 19.1 Å². The molecule has 0 bridgehead atoms. The van der Waals surface area contributed by atoms with Crippen molar-refractivity contribution in [3.05, 3.63) is 12.2 Å². The van der Waals surface area contributed by atoms with Crippen LogP contribution in [0.4, 0.5) is 0 Å². The summed E-state index contributed by atoms with van der Waals surface area (Å²) in [5.74, 6) is -0.218. The highest BCUT2D eigenvalue weighted by atomic mass is 16.6. The summed E-state index contributed by atoms with van der Waals surface area (Å²) in [6, 6.07) is 0. The van der Waals surface area contributed by atoms with Crippen LogP contribution in [0.3, 0.4) is 0 Å². The summed E-state index contributed by atoms with van der Waals surface area (Å²) in [6.45, 7) is 2.87. The lowest BCUT2D eigenvalue weighted by molar-refractivity contribution is -0.149. The molecule has 4 atom stereocenters. The Balaban J connectivity index is 2.13. The summed E-state index contributed by atoms with van der Waals surface area (Å²) in [7, 11) is 0. The third-order valence-corrected chi connectivity index (χ3v) is 7.17. The fraction of sp³-hybridized carbons (Fsp3) is 0.906. The molecule has 0 aromatic rings. The van der Waals surface area contributed by atoms with E-state index in [0.29, 0.717) is 6.42 Å². The first-order valence-electron chi connectivity index (χ1n) is 16.3. The number of rotatable bonds is 30. The summed E-state index contributed by atoms with van der Waals surface area (Å²) in [6.07, 6.45) is 18.8. The van der Waals surface area contributed by atoms with Crippen LogP contribution in [0.1, 0.15) is 96.8 Å². The van der Waals surface area contributed by atoms with Gasteiger partial charge in [0.15, 0.2) is 0 Å². The Morgan fingerprint density at radius 1 is 0.786 bits per heavy atom. The Kier molecular flexibility index (Phi) is 26.5. The molecule has 0 amide bonds. The zero-order valence-corrected chi connectivity index (χ0v) is 26.1. The molecule has 0 unspecified atom stereocenters. The summed E-state index contributed by atoms with van der Waals surface area (Å²) < 4.78 is 34.0. The predicted octanol–water partition coefficient (Wildman–Crippen LogP) is 4.12. The molecule has 0 aromatic carbocycles. The number of unbranched alkanes of at least 4 members (excludes halogenated alkanes) is 11. The van der Waals surface area contributed by atoms with Crippen molar-refractivity contribution >= 4 is 5.97 Å². The number of ether oxygens (including phenoxy) is 6. The zero-order valence-electron chi connectivity index (χ0n) is 26.1. The van der Waals surface area contributed by atoms with E-state index < -0.39 is 24.4 Å². The molecule has 1 aliphatic rings. The van der Waals surface area contributed by atoms with Gasteiger partial charge in [-0.15, -0.1) is 0 Å². The third kappa shape index (κ3) is 20.0. The number of aliphatic hydroxyl groups is 3. The normalized spacial score (nSPS) is 19.6. The van der Waals surface area contributed by atoms with E-state index in [1.54, 1.807) is 0 Å². The molecule has 1 saturated heterocycles. The number of esters is 1. The van der Waals surface area contributed by atoms with Gasteiger partial charge in [0.05, 0.1) is 59.5 Å². The minimum absolute atomic E-state index is 0.0910. The molecule has 0 aromatic heterocycles. The molecule has 1 aliphatic heterocycles. The Morgan fingerprint density at radius 2 is 1.40 bits per heavy atom. The SMILES string of the molecule is CCCCCCCC/C=C/CCCCCCCC(=O)OCCOC[C@H](OCCO)[C@@H]1OC[C@H](OCCO)[C@@H]1OCCO. The lowest BCUT2D eigenvalue weighted by Crippen LogP contribution is -2.45. The van der Waals surface area contributed by atoms with Gasteiger partial charge in [0.2, 0.25) is 0 Å². The molecule has 3 N–H and O–H groups in total. The van der Waals surface area contributed by atoms with Crippen LogP contribution in [0.15, 0.2) is 12.2 Å². The summed E-state index contributed by atoms with van der Waals surface area (Å²) in [5.41, 5.74) is 0. The summed E-state index contributed by atoms with van der Waals surface area (Å²) in [4.78, 5) is 12.1. The molecule has 1 heterocycles. The molecule has 1 rings (SSSR count). The molecular formula is C32H60O10. The van der Waals surface area contributed by atoms with Crippen LogP contribution in [0.25, 0.3) is 0 Å². The highest BCUT2D eigenvalue weighted by molar-refractivity contribution is 5.69. The van der Waals surface area contributed by atoms with Gasteiger partial charge >= 0.3 is 5.97 Å². The van der Waals surface area contributed by atoms with Crippen molar-refractivity contribution in [2.45, 2.75) is 121 Å². The molecule has 0 radical (unpaired) electrons. The molecule has 0 aliphatic carbocycles. The second-order valence-electron chi connectivity index (χ2n) is 10.8. The number of hydrogen-bond donors (Lipinski definition) is 3. The van der Waals surface area contributed by atoms with Crippen LogP contribution in [0.2, 0.25) is 0 Å². The smallest absolute Gasteiger partial charge is 0.305 e. The second kappa shape index (κ2) is 28.6. The fourth-order valence-corrected chi connectivity index (χ4v) is 4.93. The fourth-order valence-electron chi connectivity index (χ4n) is 4.93. The molecular weight excluding hydrogens is 544 g/mol. The maximum Gasteiger partial charge on any atom is 0.305 e. The van der Waals surface area contributed by atoms with Crippen molar-refractivity contribution in [1.29, 1.82) is 0 Å². The van der Waals surface area contributed by atoms with Crippen molar-refractivity contribution in [1.82, 2.24) is 0 Å². The molecule has 0 spiro atoms. The Hall–Kier alpha value is -1.11. The van der Waals surface area contributed by atoms with Crippen LogP contribution in [0, 0.1) is 0 Å². The van der Waals surface area contributed by atoms with Crippen LogP contribution in [0.5, 0.6) is 0 Å². The van der Waals surface area contributed by atoms with E-state index in [0.717, 1.165) is 25.7 Å². The van der Waals surface area contributed by atoms with Gasteiger partial charge < -0.3 is 43.7 Å². The first-order valence-corrected chi connectivity index (χ1v) is 16.3. The number of carbonyl (C=O) groups excluding carboxylic acids is 1. The van der Waals surface area contributed by atoms with Crippen LogP contribution < -0.4 is 0 Å². The lowest BCUT2D eigenvalue weighted by atomic mass is 10.1. The molecule has 42 heavy (non-hydrogen) atoms. The Morgan fingerprint density at radius 3 is 2.07 bits per heavy atom. The van der Waals surface area contributed by atoms with E-state index in [4.69, 9.17) is 33.5 Å².